The van der Waals surface area contributed by atoms with E-state index in [9.17, 15) is 18.3 Å². The zero-order valence-electron chi connectivity index (χ0n) is 9.01. The van der Waals surface area contributed by atoms with Crippen molar-refractivity contribution in [2.24, 2.45) is 0 Å². The van der Waals surface area contributed by atoms with Crippen LogP contribution in [0.5, 0.6) is 5.75 Å². The Morgan fingerprint density at radius 1 is 1.31 bits per heavy atom. The summed E-state index contributed by atoms with van der Waals surface area (Å²) >= 11 is 0. The molecule has 0 aliphatic rings. The van der Waals surface area contributed by atoms with Crippen LogP contribution in [-0.2, 0) is 6.18 Å². The lowest BCUT2D eigenvalue weighted by Crippen LogP contribution is -2.07. The van der Waals surface area contributed by atoms with E-state index in [0.29, 0.717) is 6.42 Å². The second kappa shape index (κ2) is 4.74. The molecule has 1 aromatic rings. The maximum atomic E-state index is 12.5. The topological polar surface area (TPSA) is 29.5 Å². The van der Waals surface area contributed by atoms with Gasteiger partial charge in [0.25, 0.3) is 0 Å². The molecule has 16 heavy (non-hydrogen) atoms. The van der Waals surface area contributed by atoms with Gasteiger partial charge >= 0.3 is 6.18 Å². The highest BCUT2D eigenvalue weighted by Crippen LogP contribution is 2.34. The van der Waals surface area contributed by atoms with Gasteiger partial charge in [-0.05, 0) is 30.2 Å². The molecule has 0 bridgehead atoms. The van der Waals surface area contributed by atoms with E-state index in [1.807, 2.05) is 0 Å². The van der Waals surface area contributed by atoms with Crippen LogP contribution in [0.3, 0.4) is 0 Å². The van der Waals surface area contributed by atoms with Gasteiger partial charge < -0.3 is 9.84 Å². The van der Waals surface area contributed by atoms with E-state index < -0.39 is 17.8 Å². The lowest BCUT2D eigenvalue weighted by atomic mass is 10.0. The third kappa shape index (κ3) is 2.88. The Bertz CT molecular complexity index is 361. The minimum Gasteiger partial charge on any atom is -0.497 e. The van der Waals surface area contributed by atoms with Crippen molar-refractivity contribution in [3.8, 4) is 5.75 Å². The van der Waals surface area contributed by atoms with E-state index in [1.165, 1.54) is 13.2 Å². The first-order valence-corrected chi connectivity index (χ1v) is 4.82. The summed E-state index contributed by atoms with van der Waals surface area (Å²) < 4.78 is 42.3. The molecule has 1 N–H and O–H groups in total. The molecule has 1 unspecified atom stereocenters. The van der Waals surface area contributed by atoms with E-state index in [0.717, 1.165) is 12.1 Å². The number of aliphatic hydroxyl groups is 1. The molecule has 0 aliphatic carbocycles. The van der Waals surface area contributed by atoms with Crippen LogP contribution >= 0.6 is 0 Å². The van der Waals surface area contributed by atoms with E-state index in [2.05, 4.69) is 0 Å². The smallest absolute Gasteiger partial charge is 0.416 e. The van der Waals surface area contributed by atoms with Crippen LogP contribution in [0.25, 0.3) is 0 Å². The number of rotatable bonds is 3. The Morgan fingerprint density at radius 2 is 1.94 bits per heavy atom. The summed E-state index contributed by atoms with van der Waals surface area (Å²) in [5.74, 6) is 0.0947. The molecule has 2 nitrogen and oxygen atoms in total. The average Bonchev–Trinajstić information content (AvgIpc) is 2.26. The molecule has 90 valence electrons. The minimum absolute atomic E-state index is 0.0947. The largest absolute Gasteiger partial charge is 0.497 e. The summed E-state index contributed by atoms with van der Waals surface area (Å²) in [7, 11) is 1.29. The molecule has 0 aliphatic heterocycles. The summed E-state index contributed by atoms with van der Waals surface area (Å²) in [5, 5.41) is 9.52. The van der Waals surface area contributed by atoms with E-state index in [1.54, 1.807) is 6.92 Å². The summed E-state index contributed by atoms with van der Waals surface area (Å²) in [6.45, 7) is 1.69. The number of halogens is 3. The van der Waals surface area contributed by atoms with Gasteiger partial charge in [-0.15, -0.1) is 0 Å². The van der Waals surface area contributed by atoms with Gasteiger partial charge in [-0.1, -0.05) is 6.92 Å². The fraction of sp³-hybridized carbons (Fsp3) is 0.455. The normalized spacial score (nSPS) is 13.6. The average molecular weight is 234 g/mol. The van der Waals surface area contributed by atoms with Crippen molar-refractivity contribution in [2.45, 2.75) is 25.6 Å². The first-order valence-electron chi connectivity index (χ1n) is 4.82. The number of alkyl halides is 3. The lowest BCUT2D eigenvalue weighted by Gasteiger charge is -2.14. The fourth-order valence-electron chi connectivity index (χ4n) is 1.33. The molecule has 0 fully saturated rings. The van der Waals surface area contributed by atoms with Crippen molar-refractivity contribution in [3.05, 3.63) is 29.3 Å². The van der Waals surface area contributed by atoms with Crippen LogP contribution < -0.4 is 4.74 Å². The van der Waals surface area contributed by atoms with E-state index >= 15 is 0 Å². The summed E-state index contributed by atoms with van der Waals surface area (Å²) in [6, 6.07) is 3.26. The van der Waals surface area contributed by atoms with Crippen LogP contribution in [0.15, 0.2) is 18.2 Å². The molecule has 1 rings (SSSR count). The summed E-state index contributed by atoms with van der Waals surface area (Å²) in [4.78, 5) is 0. The molecule has 0 spiro atoms. The second-order valence-electron chi connectivity index (χ2n) is 3.42. The maximum Gasteiger partial charge on any atom is 0.416 e. The van der Waals surface area contributed by atoms with Gasteiger partial charge in [0, 0.05) is 0 Å². The predicted molar refractivity (Wildman–Crippen MR) is 53.2 cm³/mol. The highest BCUT2D eigenvalue weighted by Gasteiger charge is 2.31. The van der Waals surface area contributed by atoms with Crippen molar-refractivity contribution in [3.63, 3.8) is 0 Å². The molecular formula is C11H13F3O2. The SMILES string of the molecule is CCC(O)c1cc(OC)cc(C(F)(F)F)c1. The zero-order valence-corrected chi connectivity index (χ0v) is 9.01. The number of methoxy groups -OCH3 is 1. The molecule has 0 saturated carbocycles. The Kier molecular flexibility index (Phi) is 3.80. The molecule has 1 atom stereocenters. The van der Waals surface area contributed by atoms with Gasteiger partial charge in [-0.25, -0.2) is 0 Å². The van der Waals surface area contributed by atoms with Gasteiger partial charge in [0.05, 0.1) is 18.8 Å². The Balaban J connectivity index is 3.21. The minimum atomic E-state index is -4.43. The zero-order chi connectivity index (χ0) is 12.3. The Morgan fingerprint density at radius 3 is 2.38 bits per heavy atom. The molecular weight excluding hydrogens is 221 g/mol. The predicted octanol–water partition coefficient (Wildman–Crippen LogP) is 3.16. The number of benzene rings is 1. The lowest BCUT2D eigenvalue weighted by molar-refractivity contribution is -0.137. The fourth-order valence-corrected chi connectivity index (χ4v) is 1.33. The first kappa shape index (κ1) is 12.8. The molecule has 0 amide bonds. The van der Waals surface area contributed by atoms with Gasteiger partial charge in [0.2, 0.25) is 0 Å². The van der Waals surface area contributed by atoms with Crippen LogP contribution in [-0.4, -0.2) is 12.2 Å². The Labute approximate surface area is 91.7 Å². The number of ether oxygens (including phenoxy) is 1. The number of hydrogen-bond acceptors (Lipinski definition) is 2. The molecule has 0 radical (unpaired) electrons. The van der Waals surface area contributed by atoms with Gasteiger partial charge in [0.1, 0.15) is 5.75 Å². The molecule has 0 saturated heterocycles. The maximum absolute atomic E-state index is 12.5. The monoisotopic (exact) mass is 234 g/mol. The second-order valence-corrected chi connectivity index (χ2v) is 3.42. The van der Waals surface area contributed by atoms with E-state index in [4.69, 9.17) is 4.74 Å². The molecule has 1 aromatic carbocycles. The quantitative estimate of drug-likeness (QED) is 0.870. The molecule has 5 heteroatoms. The third-order valence-electron chi connectivity index (χ3n) is 2.26. The first-order chi connectivity index (χ1) is 7.38. The van der Waals surface area contributed by atoms with Crippen molar-refractivity contribution in [1.82, 2.24) is 0 Å². The third-order valence-corrected chi connectivity index (χ3v) is 2.26. The standard InChI is InChI=1S/C11H13F3O2/c1-3-10(15)7-4-8(11(12,13)14)6-9(5-7)16-2/h4-6,10,15H,3H2,1-2H3. The van der Waals surface area contributed by atoms with Crippen molar-refractivity contribution < 1.29 is 23.0 Å². The summed E-state index contributed by atoms with van der Waals surface area (Å²) in [5.41, 5.74) is -0.594. The Hall–Kier alpha value is -1.23. The molecule has 0 heterocycles. The van der Waals surface area contributed by atoms with Gasteiger partial charge in [0.15, 0.2) is 0 Å². The van der Waals surface area contributed by atoms with Crippen LogP contribution in [0, 0.1) is 0 Å². The van der Waals surface area contributed by atoms with Crippen LogP contribution in [0.4, 0.5) is 13.2 Å². The number of aliphatic hydroxyl groups excluding tert-OH is 1. The van der Waals surface area contributed by atoms with Crippen LogP contribution in [0.1, 0.15) is 30.6 Å². The highest BCUT2D eigenvalue weighted by molar-refractivity contribution is 5.37. The summed E-state index contributed by atoms with van der Waals surface area (Å²) in [6.07, 6.45) is -4.99. The number of hydrogen-bond donors (Lipinski definition) is 1. The van der Waals surface area contributed by atoms with Crippen LogP contribution in [0.2, 0.25) is 0 Å². The van der Waals surface area contributed by atoms with Crippen molar-refractivity contribution in [2.75, 3.05) is 7.11 Å². The van der Waals surface area contributed by atoms with Crippen molar-refractivity contribution in [1.29, 1.82) is 0 Å². The van der Waals surface area contributed by atoms with Crippen molar-refractivity contribution >= 4 is 0 Å². The van der Waals surface area contributed by atoms with Gasteiger partial charge in [-0.3, -0.25) is 0 Å². The van der Waals surface area contributed by atoms with Gasteiger partial charge in [-0.2, -0.15) is 13.2 Å². The van der Waals surface area contributed by atoms with E-state index in [-0.39, 0.29) is 11.3 Å². The highest BCUT2D eigenvalue weighted by atomic mass is 19.4. The molecule has 0 aromatic heterocycles.